The lowest BCUT2D eigenvalue weighted by Gasteiger charge is -2.25. The molecule has 0 aliphatic heterocycles. The molecule has 8 nitrogen and oxygen atoms in total. The Morgan fingerprint density at radius 3 is 2.37 bits per heavy atom. The van der Waals surface area contributed by atoms with E-state index in [1.165, 1.54) is 17.2 Å². The van der Waals surface area contributed by atoms with E-state index in [1.54, 1.807) is 14.0 Å². The van der Waals surface area contributed by atoms with Crippen molar-refractivity contribution in [2.24, 2.45) is 5.92 Å². The van der Waals surface area contributed by atoms with E-state index in [4.69, 9.17) is 0 Å². The predicted octanol–water partition coefficient (Wildman–Crippen LogP) is 3.71. The molecule has 2 aromatic rings. The Morgan fingerprint density at radius 1 is 1.09 bits per heavy atom. The summed E-state index contributed by atoms with van der Waals surface area (Å²) in [6.45, 7) is 9.37. The number of imidazole rings is 1. The number of hydrogen-bond donors (Lipinski definition) is 3. The van der Waals surface area contributed by atoms with Crippen LogP contribution >= 0.6 is 0 Å². The molecule has 3 amide bonds. The number of hydrogen-bond acceptors (Lipinski definition) is 4. The first-order chi connectivity index (χ1) is 16.4. The zero-order chi connectivity index (χ0) is 26.3. The van der Waals surface area contributed by atoms with Crippen molar-refractivity contribution in [3.8, 4) is 11.3 Å². The van der Waals surface area contributed by atoms with E-state index in [0.717, 1.165) is 12.1 Å². The van der Waals surface area contributed by atoms with Gasteiger partial charge in [-0.1, -0.05) is 13.8 Å². The number of H-pyrrole nitrogens is 1. The third-order valence-corrected chi connectivity index (χ3v) is 5.73. The molecule has 1 aromatic heterocycles. The maximum atomic E-state index is 14.1. The van der Waals surface area contributed by atoms with Gasteiger partial charge < -0.3 is 20.5 Å². The van der Waals surface area contributed by atoms with E-state index in [1.807, 2.05) is 27.7 Å². The van der Waals surface area contributed by atoms with Gasteiger partial charge in [0.25, 0.3) is 0 Å². The van der Waals surface area contributed by atoms with Gasteiger partial charge in [-0.2, -0.15) is 0 Å². The van der Waals surface area contributed by atoms with Crippen molar-refractivity contribution in [3.05, 3.63) is 41.9 Å². The fourth-order valence-electron chi connectivity index (χ4n) is 3.29. The third kappa shape index (κ3) is 8.15. The van der Waals surface area contributed by atoms with Crippen LogP contribution in [0.5, 0.6) is 0 Å². The molecule has 1 aromatic carbocycles. The Bertz CT molecular complexity index is 1040. The minimum Gasteiger partial charge on any atom is -0.345 e. The highest BCUT2D eigenvalue weighted by molar-refractivity contribution is 5.92. The Kier molecular flexibility index (Phi) is 9.91. The van der Waals surface area contributed by atoms with Crippen molar-refractivity contribution < 1.29 is 23.2 Å². The van der Waals surface area contributed by atoms with Crippen LogP contribution in [-0.2, 0) is 14.4 Å². The maximum absolute atomic E-state index is 14.1. The number of amides is 3. The zero-order valence-corrected chi connectivity index (χ0v) is 21.1. The first kappa shape index (κ1) is 27.9. The molecule has 3 N–H and O–H groups in total. The maximum Gasteiger partial charge on any atom is 0.243 e. The van der Waals surface area contributed by atoms with Gasteiger partial charge in [-0.05, 0) is 45.2 Å². The standard InChI is InChI=1S/C25H35F2N5O3/c1-14(2)7-10-22(33)30-20(12-23(34)32(6)15(3)4)25(35)29-16(5)24-28-13-21(31-24)18-9-8-17(26)11-19(18)27/h8-9,11,13-16,20H,7,10,12H2,1-6H3,(H,28,31)(H,29,35)(H,30,33)/t16-,20-/m0/s1. The highest BCUT2D eigenvalue weighted by Crippen LogP contribution is 2.23. The number of rotatable bonds is 11. The van der Waals surface area contributed by atoms with E-state index < -0.39 is 29.6 Å². The first-order valence-electron chi connectivity index (χ1n) is 11.7. The second-order valence-electron chi connectivity index (χ2n) is 9.39. The lowest BCUT2D eigenvalue weighted by molar-refractivity contribution is -0.136. The van der Waals surface area contributed by atoms with Crippen molar-refractivity contribution in [3.63, 3.8) is 0 Å². The van der Waals surface area contributed by atoms with Crippen molar-refractivity contribution >= 4 is 17.7 Å². The van der Waals surface area contributed by atoms with Gasteiger partial charge >= 0.3 is 0 Å². The normalized spacial score (nSPS) is 13.0. The fraction of sp³-hybridized carbons (Fsp3) is 0.520. The number of nitrogens with one attached hydrogen (secondary N) is 3. The fourth-order valence-corrected chi connectivity index (χ4v) is 3.29. The van der Waals surface area contributed by atoms with Crippen LogP contribution in [0.25, 0.3) is 11.3 Å². The Balaban J connectivity index is 2.14. The van der Waals surface area contributed by atoms with Gasteiger partial charge in [-0.3, -0.25) is 14.4 Å². The van der Waals surface area contributed by atoms with Crippen LogP contribution in [0.2, 0.25) is 0 Å². The van der Waals surface area contributed by atoms with E-state index in [2.05, 4.69) is 20.6 Å². The Labute approximate surface area is 204 Å². The summed E-state index contributed by atoms with van der Waals surface area (Å²) >= 11 is 0. The molecule has 0 aliphatic carbocycles. The molecule has 0 radical (unpaired) electrons. The number of aromatic nitrogens is 2. The summed E-state index contributed by atoms with van der Waals surface area (Å²) in [5.74, 6) is -1.89. The van der Waals surface area contributed by atoms with E-state index in [9.17, 15) is 23.2 Å². The lowest BCUT2D eigenvalue weighted by Crippen LogP contribution is -2.50. The van der Waals surface area contributed by atoms with Crippen molar-refractivity contribution in [2.45, 2.75) is 72.0 Å². The van der Waals surface area contributed by atoms with Crippen LogP contribution in [-0.4, -0.2) is 51.7 Å². The Morgan fingerprint density at radius 2 is 1.77 bits per heavy atom. The number of nitrogens with zero attached hydrogens (tertiary/aromatic N) is 2. The number of benzene rings is 1. The van der Waals surface area contributed by atoms with Crippen LogP contribution < -0.4 is 10.6 Å². The molecule has 35 heavy (non-hydrogen) atoms. The molecule has 1 heterocycles. The van der Waals surface area contributed by atoms with Crippen molar-refractivity contribution in [1.82, 2.24) is 25.5 Å². The minimum atomic E-state index is -1.06. The molecule has 0 bridgehead atoms. The molecule has 2 rings (SSSR count). The van der Waals surface area contributed by atoms with Crippen LogP contribution in [0.1, 0.15) is 65.7 Å². The predicted molar refractivity (Wildman–Crippen MR) is 129 cm³/mol. The number of carbonyl (C=O) groups is 3. The minimum absolute atomic E-state index is 0.0600. The number of carbonyl (C=O) groups excluding carboxylic acids is 3. The van der Waals surface area contributed by atoms with Gasteiger partial charge in [0.05, 0.1) is 24.4 Å². The third-order valence-electron chi connectivity index (χ3n) is 5.73. The molecule has 0 aliphatic rings. The summed E-state index contributed by atoms with van der Waals surface area (Å²) in [5, 5.41) is 5.44. The lowest BCUT2D eigenvalue weighted by atomic mass is 10.1. The summed E-state index contributed by atoms with van der Waals surface area (Å²) < 4.78 is 27.3. The molecule has 2 atom stereocenters. The molecule has 0 saturated heterocycles. The average molecular weight is 492 g/mol. The summed E-state index contributed by atoms with van der Waals surface area (Å²) in [5.41, 5.74) is 0.465. The monoisotopic (exact) mass is 491 g/mol. The summed E-state index contributed by atoms with van der Waals surface area (Å²) in [7, 11) is 1.64. The topological polar surface area (TPSA) is 107 Å². The number of aromatic amines is 1. The second-order valence-corrected chi connectivity index (χ2v) is 9.39. The largest absolute Gasteiger partial charge is 0.345 e. The van der Waals surface area contributed by atoms with Gasteiger partial charge in [0.2, 0.25) is 17.7 Å². The quantitative estimate of drug-likeness (QED) is 0.445. The molecular weight excluding hydrogens is 456 g/mol. The van der Waals surface area contributed by atoms with E-state index in [-0.39, 0.29) is 36.3 Å². The van der Waals surface area contributed by atoms with Crippen LogP contribution in [0.3, 0.4) is 0 Å². The van der Waals surface area contributed by atoms with Crippen LogP contribution in [0.15, 0.2) is 24.4 Å². The van der Waals surface area contributed by atoms with Gasteiger partial charge in [-0.15, -0.1) is 0 Å². The van der Waals surface area contributed by atoms with Crippen molar-refractivity contribution in [1.29, 1.82) is 0 Å². The molecule has 0 unspecified atom stereocenters. The van der Waals surface area contributed by atoms with Crippen LogP contribution in [0, 0.1) is 17.6 Å². The first-order valence-corrected chi connectivity index (χ1v) is 11.7. The Hall–Kier alpha value is -3.30. The highest BCUT2D eigenvalue weighted by Gasteiger charge is 2.28. The highest BCUT2D eigenvalue weighted by atomic mass is 19.1. The van der Waals surface area contributed by atoms with E-state index >= 15 is 0 Å². The van der Waals surface area contributed by atoms with E-state index in [0.29, 0.717) is 23.9 Å². The summed E-state index contributed by atoms with van der Waals surface area (Å²) in [4.78, 5) is 46.8. The summed E-state index contributed by atoms with van der Waals surface area (Å²) in [6, 6.07) is 1.46. The van der Waals surface area contributed by atoms with Gasteiger partial charge in [0, 0.05) is 31.1 Å². The van der Waals surface area contributed by atoms with Gasteiger partial charge in [0.15, 0.2) is 0 Å². The van der Waals surface area contributed by atoms with Crippen LogP contribution in [0.4, 0.5) is 8.78 Å². The molecule has 0 spiro atoms. The molecule has 10 heteroatoms. The van der Waals surface area contributed by atoms with Crippen molar-refractivity contribution in [2.75, 3.05) is 7.05 Å². The zero-order valence-electron chi connectivity index (χ0n) is 21.1. The smallest absolute Gasteiger partial charge is 0.243 e. The second kappa shape index (κ2) is 12.4. The molecular formula is C25H35F2N5O3. The molecule has 0 fully saturated rings. The van der Waals surface area contributed by atoms with Gasteiger partial charge in [0.1, 0.15) is 23.5 Å². The average Bonchev–Trinajstić information content (AvgIpc) is 3.26. The molecule has 192 valence electrons. The SMILES string of the molecule is CC(C)CCC(=O)N[C@@H](CC(=O)N(C)C(C)C)C(=O)N[C@@H](C)c1ncc(-c2ccc(F)cc2F)[nH]1. The summed E-state index contributed by atoms with van der Waals surface area (Å²) in [6.07, 6.45) is 2.10. The van der Waals surface area contributed by atoms with Gasteiger partial charge in [-0.25, -0.2) is 13.8 Å². The molecule has 0 saturated carbocycles. The number of halogens is 2.